The average Bonchev–Trinajstić information content (AvgIpc) is 3.26. The van der Waals surface area contributed by atoms with Gasteiger partial charge in [-0.05, 0) is 82.6 Å². The first-order valence-electron chi connectivity index (χ1n) is 11.9. The molecule has 0 bridgehead atoms. The van der Waals surface area contributed by atoms with Crippen LogP contribution in [0.2, 0.25) is 0 Å². The molecule has 0 spiro atoms. The highest BCUT2D eigenvalue weighted by Crippen LogP contribution is 2.63. The van der Waals surface area contributed by atoms with Crippen LogP contribution in [0.15, 0.2) is 24.3 Å². The Hall–Kier alpha value is 0.0800. The van der Waals surface area contributed by atoms with Crippen LogP contribution in [0.1, 0.15) is 81.1 Å². The van der Waals surface area contributed by atoms with E-state index >= 15 is 0 Å². The fraction of sp³-hybridized carbons (Fsp3) is 0.769. The quantitative estimate of drug-likeness (QED) is 0.418. The standard InChI is InChI=1S/C26H44P2/c1-17(2)21-13-14-22(18(3)4)27(21)25-11-9-10-12-26(25)28-23(19(5)6)15-16-24(28)20(7)8/h9-12,17-24H,13-16H2,1-8H3/t21-,22-,23-,24+,28?/m0/s1. The van der Waals surface area contributed by atoms with Crippen molar-refractivity contribution in [2.45, 2.75) is 104 Å². The van der Waals surface area contributed by atoms with Gasteiger partial charge in [-0.25, -0.2) is 0 Å². The van der Waals surface area contributed by atoms with Crippen LogP contribution < -0.4 is 10.6 Å². The van der Waals surface area contributed by atoms with Crippen LogP contribution in [-0.4, -0.2) is 22.6 Å². The molecular formula is C26H44P2. The molecule has 28 heavy (non-hydrogen) atoms. The Bertz CT molecular complexity index is 546. The first kappa shape index (κ1) is 22.8. The first-order valence-corrected chi connectivity index (χ1v) is 14.9. The van der Waals surface area contributed by atoms with Crippen LogP contribution in [0.25, 0.3) is 0 Å². The van der Waals surface area contributed by atoms with Crippen molar-refractivity contribution in [3.05, 3.63) is 24.3 Å². The smallest absolute Gasteiger partial charge is 0.0143 e. The summed E-state index contributed by atoms with van der Waals surface area (Å²) in [6.45, 7) is 19.9. The van der Waals surface area contributed by atoms with E-state index in [9.17, 15) is 0 Å². The molecule has 2 fully saturated rings. The van der Waals surface area contributed by atoms with Crippen LogP contribution in [0, 0.1) is 23.7 Å². The molecule has 0 N–H and O–H groups in total. The lowest BCUT2D eigenvalue weighted by molar-refractivity contribution is 0.543. The molecule has 1 aromatic rings. The summed E-state index contributed by atoms with van der Waals surface area (Å²) in [7, 11) is -0.0867. The molecule has 0 nitrogen and oxygen atoms in total. The largest absolute Gasteiger partial charge is 0.0677 e. The van der Waals surface area contributed by atoms with Gasteiger partial charge in [0.15, 0.2) is 0 Å². The molecule has 158 valence electrons. The lowest BCUT2D eigenvalue weighted by Crippen LogP contribution is -2.34. The Morgan fingerprint density at radius 2 is 0.786 bits per heavy atom. The van der Waals surface area contributed by atoms with Gasteiger partial charge >= 0.3 is 0 Å². The molecule has 2 heterocycles. The summed E-state index contributed by atoms with van der Waals surface area (Å²) < 4.78 is 0. The second kappa shape index (κ2) is 9.48. The fourth-order valence-electron chi connectivity index (χ4n) is 5.96. The summed E-state index contributed by atoms with van der Waals surface area (Å²) >= 11 is 0. The zero-order valence-corrected chi connectivity index (χ0v) is 21.4. The summed E-state index contributed by atoms with van der Waals surface area (Å²) in [5.74, 6) is 3.28. The van der Waals surface area contributed by atoms with E-state index in [-0.39, 0.29) is 15.8 Å². The Kier molecular flexibility index (Phi) is 7.70. The summed E-state index contributed by atoms with van der Waals surface area (Å²) in [6, 6.07) is 9.86. The van der Waals surface area contributed by atoms with Gasteiger partial charge in [0.2, 0.25) is 0 Å². The number of benzene rings is 1. The van der Waals surface area contributed by atoms with Crippen LogP contribution in [0.4, 0.5) is 0 Å². The average molecular weight is 419 g/mol. The molecule has 1 aromatic carbocycles. The molecule has 0 radical (unpaired) electrons. The zero-order valence-electron chi connectivity index (χ0n) is 19.7. The van der Waals surface area contributed by atoms with Gasteiger partial charge in [-0.1, -0.05) is 95.5 Å². The normalized spacial score (nSPS) is 31.8. The van der Waals surface area contributed by atoms with Gasteiger partial charge in [-0.15, -0.1) is 0 Å². The van der Waals surface area contributed by atoms with E-state index in [0.29, 0.717) is 0 Å². The maximum Gasteiger partial charge on any atom is -0.0143 e. The van der Waals surface area contributed by atoms with Crippen LogP contribution in [0.3, 0.4) is 0 Å². The Balaban J connectivity index is 2.08. The summed E-state index contributed by atoms with van der Waals surface area (Å²) in [4.78, 5) is 0. The highest BCUT2D eigenvalue weighted by Gasteiger charge is 2.44. The van der Waals surface area contributed by atoms with Gasteiger partial charge in [0.1, 0.15) is 0 Å². The van der Waals surface area contributed by atoms with Crippen LogP contribution >= 0.6 is 15.8 Å². The molecule has 5 atom stereocenters. The maximum absolute atomic E-state index is 2.58. The second-order valence-electron chi connectivity index (χ2n) is 10.7. The predicted molar refractivity (Wildman–Crippen MR) is 133 cm³/mol. The van der Waals surface area contributed by atoms with Crippen molar-refractivity contribution >= 4 is 26.5 Å². The minimum absolute atomic E-state index is 0.0433. The highest BCUT2D eigenvalue weighted by molar-refractivity contribution is 7.73. The summed E-state index contributed by atoms with van der Waals surface area (Å²) in [5.41, 5.74) is 3.71. The van der Waals surface area contributed by atoms with Crippen molar-refractivity contribution in [1.29, 1.82) is 0 Å². The molecule has 0 aliphatic carbocycles. The first-order chi connectivity index (χ1) is 13.2. The van der Waals surface area contributed by atoms with E-state index in [1.54, 1.807) is 0 Å². The van der Waals surface area contributed by atoms with Crippen molar-refractivity contribution in [2.75, 3.05) is 0 Å². The zero-order chi connectivity index (χ0) is 20.6. The van der Waals surface area contributed by atoms with E-state index in [1.165, 1.54) is 25.7 Å². The Morgan fingerprint density at radius 3 is 1.00 bits per heavy atom. The van der Waals surface area contributed by atoms with Gasteiger partial charge in [0.05, 0.1) is 0 Å². The third kappa shape index (κ3) is 4.40. The van der Waals surface area contributed by atoms with Crippen molar-refractivity contribution in [1.82, 2.24) is 0 Å². The number of hydrogen-bond donors (Lipinski definition) is 0. The van der Waals surface area contributed by atoms with Crippen molar-refractivity contribution < 1.29 is 0 Å². The maximum atomic E-state index is 2.58. The molecule has 0 aromatic heterocycles. The summed E-state index contributed by atoms with van der Waals surface area (Å²) in [5, 5.41) is 3.66. The number of hydrogen-bond acceptors (Lipinski definition) is 0. The van der Waals surface area contributed by atoms with E-state index in [4.69, 9.17) is 0 Å². The van der Waals surface area contributed by atoms with Gasteiger partial charge < -0.3 is 0 Å². The third-order valence-electron chi connectivity index (χ3n) is 7.46. The van der Waals surface area contributed by atoms with Crippen molar-refractivity contribution in [3.63, 3.8) is 0 Å². The van der Waals surface area contributed by atoms with Gasteiger partial charge in [0, 0.05) is 0 Å². The van der Waals surface area contributed by atoms with E-state index in [1.807, 2.05) is 10.6 Å². The monoisotopic (exact) mass is 418 g/mol. The molecule has 1 unspecified atom stereocenters. The SMILES string of the molecule is CC(C)[C@H]1CC[C@@H](C(C)C)P1c1ccccc1P1[C@H](C(C)C)CC[C@H]1C(C)C. The Labute approximate surface area is 178 Å². The minimum Gasteiger partial charge on any atom is -0.0677 e. The van der Waals surface area contributed by atoms with Crippen molar-refractivity contribution in [3.8, 4) is 0 Å². The minimum atomic E-state index is -0.0433. The van der Waals surface area contributed by atoms with Gasteiger partial charge in [-0.3, -0.25) is 0 Å². The summed E-state index contributed by atoms with van der Waals surface area (Å²) in [6.07, 6.45) is 5.83. The van der Waals surface area contributed by atoms with E-state index < -0.39 is 0 Å². The van der Waals surface area contributed by atoms with Crippen LogP contribution in [-0.2, 0) is 0 Å². The lowest BCUT2D eigenvalue weighted by Gasteiger charge is -2.37. The molecule has 0 saturated carbocycles. The van der Waals surface area contributed by atoms with Gasteiger partial charge in [0.25, 0.3) is 0 Å². The van der Waals surface area contributed by atoms with E-state index in [2.05, 4.69) is 79.7 Å². The highest BCUT2D eigenvalue weighted by atomic mass is 31.1. The number of rotatable bonds is 6. The third-order valence-corrected chi connectivity index (χ3v) is 15.8. The molecular weight excluding hydrogens is 374 g/mol. The van der Waals surface area contributed by atoms with Crippen molar-refractivity contribution in [2.24, 2.45) is 23.7 Å². The predicted octanol–water partition coefficient (Wildman–Crippen LogP) is 7.59. The molecule has 2 heteroatoms. The molecule has 2 saturated heterocycles. The fourth-order valence-corrected chi connectivity index (χ4v) is 14.5. The molecule has 2 aliphatic rings. The molecule has 3 rings (SSSR count). The molecule has 0 amide bonds. The van der Waals surface area contributed by atoms with E-state index in [0.717, 1.165) is 46.3 Å². The van der Waals surface area contributed by atoms with Gasteiger partial charge in [-0.2, -0.15) is 0 Å². The Morgan fingerprint density at radius 1 is 0.536 bits per heavy atom. The van der Waals surface area contributed by atoms with Crippen LogP contribution in [0.5, 0.6) is 0 Å². The lowest BCUT2D eigenvalue weighted by atomic mass is 10.0. The molecule has 2 aliphatic heterocycles. The second-order valence-corrected chi connectivity index (χ2v) is 15.9. The topological polar surface area (TPSA) is 0 Å².